The normalized spacial score (nSPS) is 9.91. The van der Waals surface area contributed by atoms with E-state index in [9.17, 15) is 4.79 Å². The van der Waals surface area contributed by atoms with Crippen molar-refractivity contribution in [1.82, 2.24) is 4.98 Å². The van der Waals surface area contributed by atoms with Crippen LogP contribution < -0.4 is 5.73 Å². The fraction of sp³-hybridized carbons (Fsp3) is 0.429. The van der Waals surface area contributed by atoms with Crippen LogP contribution in [0.2, 0.25) is 0 Å². The van der Waals surface area contributed by atoms with Crippen LogP contribution in [0.15, 0.2) is 6.20 Å². The van der Waals surface area contributed by atoms with Crippen molar-refractivity contribution in [3.05, 3.63) is 11.1 Å². The highest BCUT2D eigenvalue weighted by Gasteiger charge is 2.06. The Hall–Kier alpha value is -0.900. The van der Waals surface area contributed by atoms with E-state index in [2.05, 4.69) is 4.98 Å². The van der Waals surface area contributed by atoms with Gasteiger partial charge in [-0.15, -0.1) is 0 Å². The van der Waals surface area contributed by atoms with Gasteiger partial charge in [0.25, 0.3) is 0 Å². The minimum Gasteiger partial charge on any atom is -0.375 e. The maximum atomic E-state index is 11.2. The zero-order valence-electron chi connectivity index (χ0n) is 6.33. The summed E-state index contributed by atoms with van der Waals surface area (Å²) in [6.45, 7) is 1.97. The van der Waals surface area contributed by atoms with Crippen LogP contribution in [0, 0.1) is 0 Å². The fourth-order valence-corrected chi connectivity index (χ4v) is 1.42. The van der Waals surface area contributed by atoms with Gasteiger partial charge in [-0.3, -0.25) is 4.79 Å². The third-order valence-corrected chi connectivity index (χ3v) is 2.14. The molecule has 0 aliphatic heterocycles. The molecule has 1 aromatic heterocycles. The minimum absolute atomic E-state index is 0.140. The topological polar surface area (TPSA) is 56.0 Å². The van der Waals surface area contributed by atoms with Crippen molar-refractivity contribution in [2.24, 2.45) is 0 Å². The average Bonchev–Trinajstić information content (AvgIpc) is 2.36. The molecule has 3 nitrogen and oxygen atoms in total. The Labute approximate surface area is 69.3 Å². The maximum Gasteiger partial charge on any atom is 0.180 e. The first-order chi connectivity index (χ1) is 5.24. The Morgan fingerprint density at radius 2 is 2.55 bits per heavy atom. The van der Waals surface area contributed by atoms with E-state index in [0.717, 1.165) is 6.42 Å². The summed E-state index contributed by atoms with van der Waals surface area (Å²) in [6.07, 6.45) is 3.00. The number of nitrogens with two attached hydrogens (primary N) is 1. The largest absolute Gasteiger partial charge is 0.375 e. The fourth-order valence-electron chi connectivity index (χ4n) is 0.767. The van der Waals surface area contributed by atoms with E-state index in [1.54, 1.807) is 0 Å². The van der Waals surface area contributed by atoms with E-state index in [-0.39, 0.29) is 5.78 Å². The highest BCUT2D eigenvalue weighted by Crippen LogP contribution is 2.16. The molecule has 1 heterocycles. The minimum atomic E-state index is 0.140. The molecule has 0 radical (unpaired) electrons. The summed E-state index contributed by atoms with van der Waals surface area (Å²) < 4.78 is 0. The van der Waals surface area contributed by atoms with Crippen LogP contribution in [0.25, 0.3) is 0 Å². The van der Waals surface area contributed by atoms with Gasteiger partial charge in [0.1, 0.15) is 0 Å². The predicted molar refractivity (Wildman–Crippen MR) is 45.8 cm³/mol. The van der Waals surface area contributed by atoms with E-state index in [4.69, 9.17) is 5.73 Å². The standard InChI is InChI=1S/C7H10N2OS/c1-2-3-5(10)6-4-9-7(8)11-6/h4H,2-3H2,1H3,(H2,8,9). The van der Waals surface area contributed by atoms with Crippen molar-refractivity contribution >= 4 is 22.3 Å². The molecule has 0 fully saturated rings. The van der Waals surface area contributed by atoms with Gasteiger partial charge >= 0.3 is 0 Å². The number of anilines is 1. The number of aromatic nitrogens is 1. The van der Waals surface area contributed by atoms with Gasteiger partial charge in [-0.05, 0) is 6.42 Å². The summed E-state index contributed by atoms with van der Waals surface area (Å²) >= 11 is 1.25. The van der Waals surface area contributed by atoms with Gasteiger partial charge < -0.3 is 5.73 Å². The van der Waals surface area contributed by atoms with Gasteiger partial charge in [0, 0.05) is 6.42 Å². The second-order valence-corrected chi connectivity index (χ2v) is 3.30. The number of hydrogen-bond acceptors (Lipinski definition) is 4. The first-order valence-electron chi connectivity index (χ1n) is 3.48. The molecular formula is C7H10N2OS. The van der Waals surface area contributed by atoms with Crippen molar-refractivity contribution in [2.45, 2.75) is 19.8 Å². The van der Waals surface area contributed by atoms with Gasteiger partial charge in [-0.1, -0.05) is 18.3 Å². The lowest BCUT2D eigenvalue weighted by molar-refractivity contribution is 0.0985. The van der Waals surface area contributed by atoms with Crippen LogP contribution in [-0.2, 0) is 0 Å². The zero-order chi connectivity index (χ0) is 8.27. The lowest BCUT2D eigenvalue weighted by atomic mass is 10.2. The van der Waals surface area contributed by atoms with Gasteiger partial charge in [0.15, 0.2) is 10.9 Å². The number of nitrogens with zero attached hydrogens (tertiary/aromatic N) is 1. The van der Waals surface area contributed by atoms with Crippen LogP contribution in [-0.4, -0.2) is 10.8 Å². The third kappa shape index (κ3) is 2.01. The van der Waals surface area contributed by atoms with Gasteiger partial charge in [-0.2, -0.15) is 0 Å². The molecule has 0 aliphatic carbocycles. The van der Waals surface area contributed by atoms with Crippen molar-refractivity contribution in [3.63, 3.8) is 0 Å². The predicted octanol–water partition coefficient (Wildman–Crippen LogP) is 1.71. The summed E-state index contributed by atoms with van der Waals surface area (Å²) in [5.41, 5.74) is 5.37. The van der Waals surface area contributed by atoms with Crippen molar-refractivity contribution in [1.29, 1.82) is 0 Å². The zero-order valence-corrected chi connectivity index (χ0v) is 7.15. The molecule has 0 aliphatic rings. The number of Topliss-reactive ketones (excluding diaryl/α,β-unsaturated/α-hetero) is 1. The molecule has 11 heavy (non-hydrogen) atoms. The summed E-state index contributed by atoms with van der Waals surface area (Å²) in [4.78, 5) is 15.6. The Morgan fingerprint density at radius 1 is 1.82 bits per heavy atom. The van der Waals surface area contributed by atoms with E-state index < -0.39 is 0 Å². The van der Waals surface area contributed by atoms with E-state index in [1.165, 1.54) is 17.5 Å². The van der Waals surface area contributed by atoms with Crippen LogP contribution >= 0.6 is 11.3 Å². The monoisotopic (exact) mass is 170 g/mol. The number of nitrogen functional groups attached to an aromatic ring is 1. The lowest BCUT2D eigenvalue weighted by Crippen LogP contribution is -1.93. The Morgan fingerprint density at radius 3 is 3.00 bits per heavy atom. The summed E-state index contributed by atoms with van der Waals surface area (Å²) in [7, 11) is 0. The molecule has 0 aromatic carbocycles. The Balaban J connectivity index is 2.69. The average molecular weight is 170 g/mol. The van der Waals surface area contributed by atoms with E-state index in [1.807, 2.05) is 6.92 Å². The molecular weight excluding hydrogens is 160 g/mol. The van der Waals surface area contributed by atoms with Gasteiger partial charge in [0.2, 0.25) is 0 Å². The van der Waals surface area contributed by atoms with Crippen molar-refractivity contribution < 1.29 is 4.79 Å². The van der Waals surface area contributed by atoms with Crippen molar-refractivity contribution in [3.8, 4) is 0 Å². The molecule has 0 spiro atoms. The quantitative estimate of drug-likeness (QED) is 0.702. The summed E-state index contributed by atoms with van der Waals surface area (Å²) in [6, 6.07) is 0. The number of carbonyl (C=O) groups excluding carboxylic acids is 1. The first-order valence-corrected chi connectivity index (χ1v) is 4.30. The SMILES string of the molecule is CCCC(=O)c1cnc(N)s1. The summed E-state index contributed by atoms with van der Waals surface area (Å²) in [5, 5.41) is 0.462. The van der Waals surface area contributed by atoms with Crippen LogP contribution in [0.3, 0.4) is 0 Å². The van der Waals surface area contributed by atoms with Crippen LogP contribution in [0.1, 0.15) is 29.4 Å². The maximum absolute atomic E-state index is 11.2. The highest BCUT2D eigenvalue weighted by molar-refractivity contribution is 7.17. The molecule has 0 bridgehead atoms. The number of ketones is 1. The molecule has 2 N–H and O–H groups in total. The molecule has 0 atom stereocenters. The second-order valence-electron chi connectivity index (χ2n) is 2.24. The highest BCUT2D eigenvalue weighted by atomic mass is 32.1. The van der Waals surface area contributed by atoms with Gasteiger partial charge in [-0.25, -0.2) is 4.98 Å². The number of thiazole rings is 1. The first kappa shape index (κ1) is 8.20. The molecule has 0 saturated heterocycles. The number of carbonyl (C=O) groups is 1. The third-order valence-electron chi connectivity index (χ3n) is 1.28. The number of hydrogen-bond donors (Lipinski definition) is 1. The molecule has 60 valence electrons. The van der Waals surface area contributed by atoms with Gasteiger partial charge in [0.05, 0.1) is 11.1 Å². The summed E-state index contributed by atoms with van der Waals surface area (Å²) in [5.74, 6) is 0.140. The van der Waals surface area contributed by atoms with Crippen LogP contribution in [0.4, 0.5) is 5.13 Å². The van der Waals surface area contributed by atoms with E-state index >= 15 is 0 Å². The molecule has 1 aromatic rings. The van der Waals surface area contributed by atoms with E-state index in [0.29, 0.717) is 16.4 Å². The smallest absolute Gasteiger partial charge is 0.180 e. The second kappa shape index (κ2) is 3.48. The van der Waals surface area contributed by atoms with Crippen LogP contribution in [0.5, 0.6) is 0 Å². The molecule has 0 amide bonds. The number of rotatable bonds is 3. The molecule has 0 unspecified atom stereocenters. The molecule has 1 rings (SSSR count). The molecule has 0 saturated carbocycles. The Kier molecular flexibility index (Phi) is 2.59. The molecule has 4 heteroatoms. The van der Waals surface area contributed by atoms with Crippen molar-refractivity contribution in [2.75, 3.05) is 5.73 Å². The lowest BCUT2D eigenvalue weighted by Gasteiger charge is -1.89. The Bertz CT molecular complexity index is 257.